The van der Waals surface area contributed by atoms with Crippen molar-refractivity contribution in [3.05, 3.63) is 69.3 Å². The zero-order valence-corrected chi connectivity index (χ0v) is 19.1. The summed E-state index contributed by atoms with van der Waals surface area (Å²) in [6, 6.07) is 12.5. The van der Waals surface area contributed by atoms with Crippen molar-refractivity contribution >= 4 is 11.4 Å². The van der Waals surface area contributed by atoms with E-state index in [2.05, 4.69) is 88.6 Å². The molecule has 0 bridgehead atoms. The second-order valence-corrected chi connectivity index (χ2v) is 5.39. The van der Waals surface area contributed by atoms with E-state index in [9.17, 15) is 0 Å². The van der Waals surface area contributed by atoms with Crippen LogP contribution in [-0.2, 0) is 21.7 Å². The third kappa shape index (κ3) is 9.56. The molecule has 5 heteroatoms. The van der Waals surface area contributed by atoms with Gasteiger partial charge in [0.25, 0.3) is 0 Å². The first-order chi connectivity index (χ1) is 10.5. The molecule has 0 saturated heterocycles. The topological polar surface area (TPSA) is 28.2 Å². The summed E-state index contributed by atoms with van der Waals surface area (Å²) in [6.07, 6.45) is 0. The predicted octanol–water partition coefficient (Wildman–Crippen LogP) is 0.663. The Balaban J connectivity index is -0.000000346. The van der Waals surface area contributed by atoms with E-state index in [-0.39, 0.29) is 46.5 Å². The van der Waals surface area contributed by atoms with Gasteiger partial charge in [-0.25, -0.2) is 0 Å². The monoisotopic (exact) mass is 414 g/mol. The predicted molar refractivity (Wildman–Crippen MR) is 99.0 cm³/mol. The van der Waals surface area contributed by atoms with Crippen LogP contribution in [0.2, 0.25) is 0 Å². The molecule has 0 heterocycles. The molecule has 0 amide bonds. The molecule has 0 fully saturated rings. The van der Waals surface area contributed by atoms with Crippen LogP contribution in [0.25, 0.3) is 10.6 Å². The van der Waals surface area contributed by atoms with E-state index in [1.165, 1.54) is 22.3 Å². The van der Waals surface area contributed by atoms with Gasteiger partial charge < -0.3 is 35.4 Å². The summed E-state index contributed by atoms with van der Waals surface area (Å²) in [7, 11) is 0. The number of aryl methyl sites for hydroxylation is 2. The number of rotatable bonds is 4. The first-order valence-corrected chi connectivity index (χ1v) is 7.98. The van der Waals surface area contributed by atoms with Crippen LogP contribution in [0.3, 0.4) is 0 Å². The van der Waals surface area contributed by atoms with E-state index in [0.29, 0.717) is 0 Å². The minimum absolute atomic E-state index is 0. The van der Waals surface area contributed by atoms with Crippen LogP contribution in [0.1, 0.15) is 36.1 Å². The zero-order chi connectivity index (χ0) is 16.5. The molecule has 2 aromatic rings. The summed E-state index contributed by atoms with van der Waals surface area (Å²) >= 11 is 0. The molecule has 0 aliphatic heterocycles. The van der Waals surface area contributed by atoms with Gasteiger partial charge in [0.05, 0.1) is 0 Å². The maximum atomic E-state index is 4.37. The van der Waals surface area contributed by atoms with Gasteiger partial charge in [-0.3, -0.25) is 0 Å². The van der Waals surface area contributed by atoms with Gasteiger partial charge in [-0.1, -0.05) is 61.4 Å². The Morgan fingerprint density at radius 1 is 0.640 bits per heavy atom. The smallest absolute Gasteiger partial charge is 1.00 e. The maximum absolute atomic E-state index is 4.37. The Kier molecular flexibility index (Phi) is 18.1. The molecule has 0 radical (unpaired) electrons. The van der Waals surface area contributed by atoms with Gasteiger partial charge in [-0.2, -0.15) is 0 Å². The Labute approximate surface area is 181 Å². The third-order valence-corrected chi connectivity index (χ3v) is 3.81. The fourth-order valence-corrected chi connectivity index (χ4v) is 2.15. The standard InChI is InChI=1S/2C10H14N.2ClH.Ti/c2*1-4-11-10-7-5-6-8(2)9(10)3;;;/h2*5-7H,4H2,1-3H3;2*1H;/q2*-1;;;+4/p-2. The quantitative estimate of drug-likeness (QED) is 0.657. The second kappa shape index (κ2) is 15.6. The van der Waals surface area contributed by atoms with E-state index < -0.39 is 0 Å². The van der Waals surface area contributed by atoms with Gasteiger partial charge in [0.15, 0.2) is 0 Å². The summed E-state index contributed by atoms with van der Waals surface area (Å²) in [6.45, 7) is 14.3. The van der Waals surface area contributed by atoms with Crippen molar-refractivity contribution in [3.63, 3.8) is 0 Å². The average molecular weight is 415 g/mol. The van der Waals surface area contributed by atoms with Gasteiger partial charge in [0.1, 0.15) is 0 Å². The van der Waals surface area contributed by atoms with Crippen molar-refractivity contribution in [2.24, 2.45) is 0 Å². The molecule has 0 unspecified atom stereocenters. The maximum Gasteiger partial charge on any atom is 4.00 e. The Morgan fingerprint density at radius 3 is 1.24 bits per heavy atom. The number of benzene rings is 2. The Hall–Kier alpha value is -0.666. The van der Waals surface area contributed by atoms with E-state index in [0.717, 1.165) is 24.5 Å². The third-order valence-electron chi connectivity index (χ3n) is 3.81. The van der Waals surface area contributed by atoms with Crippen LogP contribution in [0.4, 0.5) is 11.4 Å². The summed E-state index contributed by atoms with van der Waals surface area (Å²) in [4.78, 5) is 0. The van der Waals surface area contributed by atoms with Crippen molar-refractivity contribution in [3.8, 4) is 0 Å². The van der Waals surface area contributed by atoms with Crippen LogP contribution in [0, 0.1) is 27.7 Å². The van der Waals surface area contributed by atoms with E-state index in [4.69, 9.17) is 0 Å². The molecule has 0 spiro atoms. The fraction of sp³-hybridized carbons (Fsp3) is 0.400. The molecule has 0 N–H and O–H groups in total. The van der Waals surface area contributed by atoms with E-state index >= 15 is 0 Å². The first kappa shape index (κ1) is 29.1. The summed E-state index contributed by atoms with van der Waals surface area (Å²) in [5.74, 6) is 0. The van der Waals surface area contributed by atoms with Gasteiger partial charge >= 0.3 is 21.7 Å². The Bertz CT molecular complexity index is 551. The van der Waals surface area contributed by atoms with Crippen LogP contribution in [0.15, 0.2) is 36.4 Å². The van der Waals surface area contributed by atoms with Crippen molar-refractivity contribution in [1.82, 2.24) is 0 Å². The van der Waals surface area contributed by atoms with Crippen LogP contribution in [-0.4, -0.2) is 13.1 Å². The number of nitrogens with zero attached hydrogens (tertiary/aromatic N) is 2. The Morgan fingerprint density at radius 2 is 0.960 bits per heavy atom. The molecule has 0 atom stereocenters. The molecule has 2 aromatic carbocycles. The van der Waals surface area contributed by atoms with Crippen LogP contribution >= 0.6 is 0 Å². The molecule has 25 heavy (non-hydrogen) atoms. The molecule has 2 nitrogen and oxygen atoms in total. The number of hydrogen-bond donors (Lipinski definition) is 0. The van der Waals surface area contributed by atoms with Crippen molar-refractivity contribution in [2.45, 2.75) is 41.5 Å². The van der Waals surface area contributed by atoms with Gasteiger partial charge in [-0.15, -0.1) is 24.5 Å². The molecule has 0 aliphatic carbocycles. The molecule has 0 aromatic heterocycles. The summed E-state index contributed by atoms with van der Waals surface area (Å²) in [5.41, 5.74) is 7.50. The van der Waals surface area contributed by atoms with Crippen molar-refractivity contribution < 1.29 is 46.5 Å². The van der Waals surface area contributed by atoms with Crippen molar-refractivity contribution in [1.29, 1.82) is 0 Å². The van der Waals surface area contributed by atoms with Crippen LogP contribution in [0.5, 0.6) is 0 Å². The summed E-state index contributed by atoms with van der Waals surface area (Å²) in [5, 5.41) is 8.73. The zero-order valence-electron chi connectivity index (χ0n) is 16.0. The SMILES string of the molecule is CC[N-]c1cccc(C)c1C.CC[N-]c1cccc(C)c1C.[Cl-].[Cl-].[Ti+4]. The van der Waals surface area contributed by atoms with Gasteiger partial charge in [0, 0.05) is 0 Å². The van der Waals surface area contributed by atoms with Crippen LogP contribution < -0.4 is 24.8 Å². The minimum Gasteiger partial charge on any atom is -1.00 e. The normalized spacial score (nSPS) is 8.56. The molecule has 0 saturated carbocycles. The minimum atomic E-state index is 0. The number of hydrogen-bond acceptors (Lipinski definition) is 0. The molecule has 136 valence electrons. The molecule has 2 rings (SSSR count). The molecular formula is C20H28Cl2N2Ti. The largest absolute Gasteiger partial charge is 4.00 e. The molecular weight excluding hydrogens is 387 g/mol. The average Bonchev–Trinajstić information content (AvgIpc) is 2.50. The van der Waals surface area contributed by atoms with Crippen molar-refractivity contribution in [2.75, 3.05) is 13.1 Å². The summed E-state index contributed by atoms with van der Waals surface area (Å²) < 4.78 is 0. The van der Waals surface area contributed by atoms with E-state index in [1.807, 2.05) is 0 Å². The molecule has 0 aliphatic rings. The first-order valence-electron chi connectivity index (χ1n) is 7.98. The second-order valence-electron chi connectivity index (χ2n) is 5.39. The van der Waals surface area contributed by atoms with E-state index in [1.54, 1.807) is 0 Å². The fourth-order valence-electron chi connectivity index (χ4n) is 2.15. The van der Waals surface area contributed by atoms with Gasteiger partial charge in [0.2, 0.25) is 0 Å². The van der Waals surface area contributed by atoms with Gasteiger partial charge in [-0.05, 0) is 38.8 Å². The number of halogens is 2.